The van der Waals surface area contributed by atoms with E-state index in [2.05, 4.69) is 4.74 Å². The van der Waals surface area contributed by atoms with E-state index in [0.29, 0.717) is 5.75 Å². The first-order chi connectivity index (χ1) is 7.58. The molecule has 0 spiro atoms. The average Bonchev–Trinajstić information content (AvgIpc) is 2.29. The number of benzene rings is 1. The molecule has 0 saturated carbocycles. The monoisotopic (exact) mass is 226 g/mol. The second kappa shape index (κ2) is 5.37. The predicted molar refractivity (Wildman–Crippen MR) is 56.3 cm³/mol. The lowest BCUT2D eigenvalue weighted by molar-refractivity contribution is -0.142. The van der Waals surface area contributed by atoms with Gasteiger partial charge in [-0.05, 0) is 18.2 Å². The first kappa shape index (κ1) is 12.3. The fourth-order valence-corrected chi connectivity index (χ4v) is 1.28. The SMILES string of the molecule is COC(=O)CC(O)c1cc(OC)ccc1O. The molecule has 1 atom stereocenters. The number of carbonyl (C=O) groups is 1. The Labute approximate surface area is 93.2 Å². The van der Waals surface area contributed by atoms with Gasteiger partial charge in [0.15, 0.2) is 0 Å². The van der Waals surface area contributed by atoms with Crippen LogP contribution < -0.4 is 4.74 Å². The molecule has 2 N–H and O–H groups in total. The highest BCUT2D eigenvalue weighted by Crippen LogP contribution is 2.30. The van der Waals surface area contributed by atoms with Crippen molar-refractivity contribution >= 4 is 5.97 Å². The van der Waals surface area contributed by atoms with Crippen molar-refractivity contribution in [2.24, 2.45) is 0 Å². The largest absolute Gasteiger partial charge is 0.508 e. The van der Waals surface area contributed by atoms with Crippen LogP contribution in [-0.4, -0.2) is 30.4 Å². The Balaban J connectivity index is 2.88. The van der Waals surface area contributed by atoms with Gasteiger partial charge in [-0.1, -0.05) is 0 Å². The average molecular weight is 226 g/mol. The van der Waals surface area contributed by atoms with E-state index < -0.39 is 12.1 Å². The van der Waals surface area contributed by atoms with Crippen LogP contribution in [0, 0.1) is 0 Å². The van der Waals surface area contributed by atoms with Gasteiger partial charge in [0.25, 0.3) is 0 Å². The van der Waals surface area contributed by atoms with Crippen LogP contribution in [0.25, 0.3) is 0 Å². The summed E-state index contributed by atoms with van der Waals surface area (Å²) < 4.78 is 9.38. The minimum atomic E-state index is -1.11. The topological polar surface area (TPSA) is 76.0 Å². The molecule has 0 aliphatic rings. The number of aliphatic hydroxyl groups excluding tert-OH is 1. The zero-order chi connectivity index (χ0) is 12.1. The Morgan fingerprint density at radius 3 is 2.69 bits per heavy atom. The minimum absolute atomic E-state index is 0.0859. The number of carbonyl (C=O) groups excluding carboxylic acids is 1. The third-order valence-corrected chi connectivity index (χ3v) is 2.18. The Morgan fingerprint density at radius 2 is 2.12 bits per heavy atom. The zero-order valence-electron chi connectivity index (χ0n) is 9.14. The Morgan fingerprint density at radius 1 is 1.44 bits per heavy atom. The maximum absolute atomic E-state index is 11.0. The molecule has 0 saturated heterocycles. The number of methoxy groups -OCH3 is 2. The fraction of sp³-hybridized carbons (Fsp3) is 0.364. The van der Waals surface area contributed by atoms with Gasteiger partial charge in [0.1, 0.15) is 11.5 Å². The number of aromatic hydroxyl groups is 1. The summed E-state index contributed by atoms with van der Waals surface area (Å²) in [7, 11) is 2.71. The van der Waals surface area contributed by atoms with Gasteiger partial charge in [-0.2, -0.15) is 0 Å². The second-order valence-corrected chi connectivity index (χ2v) is 3.22. The summed E-state index contributed by atoms with van der Waals surface area (Å²) in [5, 5.41) is 19.2. The molecule has 5 nitrogen and oxygen atoms in total. The summed E-state index contributed by atoms with van der Waals surface area (Å²) in [5.41, 5.74) is 0.241. The highest BCUT2D eigenvalue weighted by Gasteiger charge is 2.17. The van der Waals surface area contributed by atoms with Gasteiger partial charge in [-0.3, -0.25) is 4.79 Å². The molecule has 0 heterocycles. The quantitative estimate of drug-likeness (QED) is 0.749. The highest BCUT2D eigenvalue weighted by molar-refractivity contribution is 5.70. The lowest BCUT2D eigenvalue weighted by Crippen LogP contribution is -2.08. The third-order valence-electron chi connectivity index (χ3n) is 2.18. The number of hydrogen-bond donors (Lipinski definition) is 2. The molecular formula is C11H14O5. The molecule has 1 rings (SSSR count). The van der Waals surface area contributed by atoms with E-state index in [-0.39, 0.29) is 17.7 Å². The standard InChI is InChI=1S/C11H14O5/c1-15-7-3-4-9(12)8(5-7)10(13)6-11(14)16-2/h3-5,10,12-13H,6H2,1-2H3. The van der Waals surface area contributed by atoms with Gasteiger partial charge in [-0.15, -0.1) is 0 Å². The van der Waals surface area contributed by atoms with Gasteiger partial charge in [0.05, 0.1) is 26.7 Å². The van der Waals surface area contributed by atoms with Crippen molar-refractivity contribution in [2.45, 2.75) is 12.5 Å². The van der Waals surface area contributed by atoms with Crippen molar-refractivity contribution in [3.63, 3.8) is 0 Å². The van der Waals surface area contributed by atoms with Crippen molar-refractivity contribution in [3.05, 3.63) is 23.8 Å². The van der Waals surface area contributed by atoms with Crippen molar-refractivity contribution in [2.75, 3.05) is 14.2 Å². The van der Waals surface area contributed by atoms with Gasteiger partial charge < -0.3 is 19.7 Å². The molecule has 0 amide bonds. The predicted octanol–water partition coefficient (Wildman–Crippen LogP) is 0.997. The number of aliphatic hydroxyl groups is 1. The lowest BCUT2D eigenvalue weighted by Gasteiger charge is -2.12. The smallest absolute Gasteiger partial charge is 0.308 e. The van der Waals surface area contributed by atoms with E-state index in [9.17, 15) is 15.0 Å². The molecule has 5 heteroatoms. The van der Waals surface area contributed by atoms with Gasteiger partial charge in [0.2, 0.25) is 0 Å². The third kappa shape index (κ3) is 2.87. The number of ether oxygens (including phenoxy) is 2. The van der Waals surface area contributed by atoms with Crippen molar-refractivity contribution in [3.8, 4) is 11.5 Å². The molecule has 0 aromatic heterocycles. The summed E-state index contributed by atoms with van der Waals surface area (Å²) >= 11 is 0. The lowest BCUT2D eigenvalue weighted by atomic mass is 10.1. The number of phenols is 1. The van der Waals surface area contributed by atoms with Gasteiger partial charge in [-0.25, -0.2) is 0 Å². The fourth-order valence-electron chi connectivity index (χ4n) is 1.28. The van der Waals surface area contributed by atoms with E-state index >= 15 is 0 Å². The van der Waals surface area contributed by atoms with E-state index in [1.165, 1.54) is 26.4 Å². The summed E-state index contributed by atoms with van der Waals surface area (Å²) in [6, 6.07) is 4.43. The van der Waals surface area contributed by atoms with Crippen LogP contribution in [0.3, 0.4) is 0 Å². The van der Waals surface area contributed by atoms with Crippen LogP contribution in [0.2, 0.25) is 0 Å². The summed E-state index contributed by atoms with van der Waals surface area (Å²) in [4.78, 5) is 11.0. The number of rotatable bonds is 4. The maximum atomic E-state index is 11.0. The van der Waals surface area contributed by atoms with Gasteiger partial charge >= 0.3 is 5.97 Å². The molecular weight excluding hydrogens is 212 g/mol. The van der Waals surface area contributed by atoms with Crippen molar-refractivity contribution in [1.29, 1.82) is 0 Å². The molecule has 1 unspecified atom stereocenters. The molecule has 0 radical (unpaired) electrons. The second-order valence-electron chi connectivity index (χ2n) is 3.22. The zero-order valence-corrected chi connectivity index (χ0v) is 9.14. The van der Waals surface area contributed by atoms with E-state index in [4.69, 9.17) is 4.74 Å². The highest BCUT2D eigenvalue weighted by atomic mass is 16.5. The number of hydrogen-bond acceptors (Lipinski definition) is 5. The van der Waals surface area contributed by atoms with Crippen LogP contribution in [0.5, 0.6) is 11.5 Å². The number of phenolic OH excluding ortho intramolecular Hbond substituents is 1. The van der Waals surface area contributed by atoms with E-state index in [1.54, 1.807) is 6.07 Å². The minimum Gasteiger partial charge on any atom is -0.508 e. The van der Waals surface area contributed by atoms with Crippen LogP contribution in [0.1, 0.15) is 18.1 Å². The van der Waals surface area contributed by atoms with E-state index in [1.807, 2.05) is 0 Å². The van der Waals surface area contributed by atoms with Crippen LogP contribution >= 0.6 is 0 Å². The van der Waals surface area contributed by atoms with Crippen molar-refractivity contribution < 1.29 is 24.5 Å². The van der Waals surface area contributed by atoms with Crippen LogP contribution in [0.15, 0.2) is 18.2 Å². The maximum Gasteiger partial charge on any atom is 0.308 e. The van der Waals surface area contributed by atoms with Crippen LogP contribution in [-0.2, 0) is 9.53 Å². The molecule has 1 aromatic carbocycles. The van der Waals surface area contributed by atoms with Crippen LogP contribution in [0.4, 0.5) is 0 Å². The van der Waals surface area contributed by atoms with E-state index in [0.717, 1.165) is 0 Å². The Bertz CT molecular complexity index is 375. The summed E-state index contributed by atoms with van der Waals surface area (Å²) in [5.74, 6) is -0.136. The normalized spacial score (nSPS) is 11.9. The molecule has 1 aromatic rings. The molecule has 88 valence electrons. The number of esters is 1. The first-order valence-corrected chi connectivity index (χ1v) is 4.70. The molecule has 0 bridgehead atoms. The Kier molecular flexibility index (Phi) is 4.13. The van der Waals surface area contributed by atoms with Crippen molar-refractivity contribution in [1.82, 2.24) is 0 Å². The summed E-state index contributed by atoms with van der Waals surface area (Å²) in [6.45, 7) is 0. The molecule has 0 aliphatic heterocycles. The Hall–Kier alpha value is -1.75. The molecule has 0 aliphatic carbocycles. The molecule has 16 heavy (non-hydrogen) atoms. The first-order valence-electron chi connectivity index (χ1n) is 4.70. The van der Waals surface area contributed by atoms with Gasteiger partial charge in [0, 0.05) is 5.56 Å². The molecule has 0 fully saturated rings. The summed E-state index contributed by atoms with van der Waals surface area (Å²) in [6.07, 6.45) is -1.32.